The smallest absolute Gasteiger partial charge is 0.403 e. The van der Waals surface area contributed by atoms with Crippen molar-refractivity contribution in [1.29, 1.82) is 0 Å². The predicted octanol–water partition coefficient (Wildman–Crippen LogP) is 2.99. The highest BCUT2D eigenvalue weighted by Gasteiger charge is 2.22. The Morgan fingerprint density at radius 1 is 1.31 bits per heavy atom. The summed E-state index contributed by atoms with van der Waals surface area (Å²) in [5.74, 6) is 0.149. The predicted molar refractivity (Wildman–Crippen MR) is 48.8 cm³/mol. The Labute approximate surface area is 84.8 Å². The minimum absolute atomic E-state index is 0.149. The number of benzene rings is 1. The first-order chi connectivity index (χ1) is 6.03. The lowest BCUT2D eigenvalue weighted by Crippen LogP contribution is -1.90. The van der Waals surface area contributed by atoms with Crippen LogP contribution in [0.5, 0.6) is 5.75 Å². The van der Waals surface area contributed by atoms with Gasteiger partial charge in [-0.1, -0.05) is 11.6 Å². The summed E-state index contributed by atoms with van der Waals surface area (Å²) in [7, 11) is -4.19. The van der Waals surface area contributed by atoms with E-state index in [1.807, 2.05) is 0 Å². The summed E-state index contributed by atoms with van der Waals surface area (Å²) >= 11 is 10.3. The van der Waals surface area contributed by atoms with E-state index >= 15 is 0 Å². The molecule has 1 aromatic carbocycles. The van der Waals surface area contributed by atoms with Crippen molar-refractivity contribution >= 4 is 31.3 Å². The SMILES string of the molecule is O=P(O)(OCl)Oc1ccc(Cl)cc1. The zero-order valence-electron chi connectivity index (χ0n) is 6.18. The van der Waals surface area contributed by atoms with Crippen LogP contribution in [0.2, 0.25) is 5.02 Å². The van der Waals surface area contributed by atoms with Crippen molar-refractivity contribution in [2.75, 3.05) is 0 Å². The second-order valence-corrected chi connectivity index (χ2v) is 4.19. The summed E-state index contributed by atoms with van der Waals surface area (Å²) in [6, 6.07) is 5.85. The molecule has 1 aromatic rings. The van der Waals surface area contributed by atoms with E-state index in [2.05, 4.69) is 8.60 Å². The Morgan fingerprint density at radius 2 is 1.85 bits per heavy atom. The van der Waals surface area contributed by atoms with Gasteiger partial charge < -0.3 is 4.52 Å². The van der Waals surface area contributed by atoms with Gasteiger partial charge in [0.1, 0.15) is 5.75 Å². The minimum Gasteiger partial charge on any atom is -0.403 e. The molecule has 1 atom stereocenters. The van der Waals surface area contributed by atoms with Gasteiger partial charge in [-0.15, -0.1) is 0 Å². The van der Waals surface area contributed by atoms with Crippen LogP contribution in [0, 0.1) is 0 Å². The third-order valence-electron chi connectivity index (χ3n) is 1.12. The molecule has 72 valence electrons. The van der Waals surface area contributed by atoms with E-state index in [-0.39, 0.29) is 5.75 Å². The van der Waals surface area contributed by atoms with Crippen LogP contribution in [-0.2, 0) is 8.64 Å². The van der Waals surface area contributed by atoms with Crippen LogP contribution in [0.3, 0.4) is 0 Å². The molecule has 0 aromatic heterocycles. The zero-order chi connectivity index (χ0) is 9.90. The molecule has 0 aliphatic heterocycles. The van der Waals surface area contributed by atoms with Gasteiger partial charge in [0.05, 0.1) is 11.9 Å². The Hall–Kier alpha value is -0.250. The van der Waals surface area contributed by atoms with E-state index in [1.54, 1.807) is 0 Å². The molecular weight excluding hydrogens is 238 g/mol. The van der Waals surface area contributed by atoms with Gasteiger partial charge >= 0.3 is 7.82 Å². The van der Waals surface area contributed by atoms with Gasteiger partial charge in [0.15, 0.2) is 0 Å². The lowest BCUT2D eigenvalue weighted by molar-refractivity contribution is 0.300. The lowest BCUT2D eigenvalue weighted by Gasteiger charge is -2.07. The third-order valence-corrected chi connectivity index (χ3v) is 2.51. The monoisotopic (exact) mass is 242 g/mol. The molecule has 0 fully saturated rings. The lowest BCUT2D eigenvalue weighted by atomic mass is 10.3. The summed E-state index contributed by atoms with van der Waals surface area (Å²) in [5.41, 5.74) is 0. The zero-order valence-corrected chi connectivity index (χ0v) is 8.59. The number of rotatable bonds is 3. The van der Waals surface area contributed by atoms with Gasteiger partial charge in [-0.05, 0) is 24.3 Å². The molecule has 0 heterocycles. The van der Waals surface area contributed by atoms with E-state index < -0.39 is 7.82 Å². The van der Waals surface area contributed by atoms with E-state index in [0.29, 0.717) is 5.02 Å². The number of phosphoric ester groups is 1. The van der Waals surface area contributed by atoms with Gasteiger partial charge in [-0.25, -0.2) is 4.57 Å². The fraction of sp³-hybridized carbons (Fsp3) is 0. The first-order valence-corrected chi connectivity index (χ1v) is 5.30. The molecule has 0 saturated carbocycles. The molecule has 0 saturated heterocycles. The molecular formula is C6H5Cl2O4P. The topological polar surface area (TPSA) is 55.8 Å². The normalized spacial score (nSPS) is 15.0. The fourth-order valence-corrected chi connectivity index (χ4v) is 1.27. The Bertz CT molecular complexity index is 326. The average molecular weight is 243 g/mol. The second-order valence-electron chi connectivity index (χ2n) is 2.08. The molecule has 0 aliphatic rings. The highest BCUT2D eigenvalue weighted by molar-refractivity contribution is 7.48. The molecule has 0 aliphatic carbocycles. The highest BCUT2D eigenvalue weighted by Crippen LogP contribution is 2.44. The average Bonchev–Trinajstić information content (AvgIpc) is 2.09. The standard InChI is InChI=1S/C6H5Cl2O4P/c7-5-1-3-6(4-2-5)11-13(9,10)12-8/h1-4H,(H,9,10). The molecule has 0 radical (unpaired) electrons. The molecule has 0 spiro atoms. The van der Waals surface area contributed by atoms with Crippen molar-refractivity contribution in [3.8, 4) is 5.75 Å². The van der Waals surface area contributed by atoms with Crippen molar-refractivity contribution in [3.05, 3.63) is 29.3 Å². The molecule has 1 rings (SSSR count). The van der Waals surface area contributed by atoms with Crippen molar-refractivity contribution in [2.24, 2.45) is 0 Å². The van der Waals surface area contributed by atoms with E-state index in [1.165, 1.54) is 24.3 Å². The van der Waals surface area contributed by atoms with Crippen molar-refractivity contribution < 1.29 is 18.1 Å². The maximum Gasteiger partial charge on any atom is 0.544 e. The molecule has 13 heavy (non-hydrogen) atoms. The van der Waals surface area contributed by atoms with Gasteiger partial charge in [0.2, 0.25) is 0 Å². The Kier molecular flexibility index (Phi) is 3.59. The van der Waals surface area contributed by atoms with Crippen LogP contribution in [0.25, 0.3) is 0 Å². The maximum atomic E-state index is 10.8. The van der Waals surface area contributed by atoms with E-state index in [9.17, 15) is 4.57 Å². The summed E-state index contributed by atoms with van der Waals surface area (Å²) in [5, 5.41) is 0.493. The van der Waals surface area contributed by atoms with Crippen LogP contribution in [0.4, 0.5) is 0 Å². The second kappa shape index (κ2) is 4.31. The number of phosphoric acid groups is 1. The van der Waals surface area contributed by atoms with Crippen LogP contribution in [0.1, 0.15) is 0 Å². The van der Waals surface area contributed by atoms with Crippen molar-refractivity contribution in [2.45, 2.75) is 0 Å². The summed E-state index contributed by atoms with van der Waals surface area (Å²) in [6.45, 7) is 0. The number of hydrogen-bond donors (Lipinski definition) is 1. The Balaban J connectivity index is 2.75. The first kappa shape index (κ1) is 10.8. The molecule has 1 N–H and O–H groups in total. The van der Waals surface area contributed by atoms with Gasteiger partial charge in [0, 0.05) is 5.02 Å². The van der Waals surface area contributed by atoms with Crippen molar-refractivity contribution in [1.82, 2.24) is 0 Å². The summed E-state index contributed by atoms with van der Waals surface area (Å²) < 4.78 is 19.0. The molecule has 0 amide bonds. The third kappa shape index (κ3) is 3.55. The highest BCUT2D eigenvalue weighted by atomic mass is 35.5. The molecule has 1 unspecified atom stereocenters. The fourth-order valence-electron chi connectivity index (χ4n) is 0.643. The summed E-state index contributed by atoms with van der Waals surface area (Å²) in [6.07, 6.45) is 0. The van der Waals surface area contributed by atoms with Crippen LogP contribution < -0.4 is 4.52 Å². The van der Waals surface area contributed by atoms with Gasteiger partial charge in [0.25, 0.3) is 0 Å². The molecule has 7 heteroatoms. The van der Waals surface area contributed by atoms with E-state index in [4.69, 9.17) is 28.4 Å². The molecule has 0 bridgehead atoms. The van der Waals surface area contributed by atoms with Gasteiger partial charge in [-0.2, -0.15) is 4.08 Å². The Morgan fingerprint density at radius 3 is 2.31 bits per heavy atom. The van der Waals surface area contributed by atoms with Crippen LogP contribution in [0.15, 0.2) is 24.3 Å². The number of halogens is 2. The summed E-state index contributed by atoms with van der Waals surface area (Å²) in [4.78, 5) is 8.79. The van der Waals surface area contributed by atoms with Crippen LogP contribution >= 0.6 is 31.3 Å². The molecule has 4 nitrogen and oxygen atoms in total. The minimum atomic E-state index is -4.19. The van der Waals surface area contributed by atoms with Gasteiger partial charge in [-0.3, -0.25) is 4.89 Å². The van der Waals surface area contributed by atoms with E-state index in [0.717, 1.165) is 0 Å². The largest absolute Gasteiger partial charge is 0.544 e. The first-order valence-electron chi connectivity index (χ1n) is 3.12. The maximum absolute atomic E-state index is 10.8. The number of hydrogen-bond acceptors (Lipinski definition) is 3. The van der Waals surface area contributed by atoms with Crippen molar-refractivity contribution in [3.63, 3.8) is 0 Å². The quantitative estimate of drug-likeness (QED) is 0.829. The van der Waals surface area contributed by atoms with Crippen LogP contribution in [-0.4, -0.2) is 4.89 Å².